The zero-order chi connectivity index (χ0) is 12.3. The molecule has 0 saturated carbocycles. The van der Waals surface area contributed by atoms with Gasteiger partial charge in [0.2, 0.25) is 0 Å². The lowest BCUT2D eigenvalue weighted by molar-refractivity contribution is -0.694. The molecule has 0 unspecified atom stereocenters. The fourth-order valence-corrected chi connectivity index (χ4v) is 1.52. The maximum atomic E-state index is 10.5. The van der Waals surface area contributed by atoms with Gasteiger partial charge in [0.15, 0.2) is 12.7 Å². The third-order valence-corrected chi connectivity index (χ3v) is 2.42. The molecule has 1 aromatic heterocycles. The molecule has 0 radical (unpaired) electrons. The van der Waals surface area contributed by atoms with E-state index in [1.54, 1.807) is 35.0 Å². The molecule has 0 spiro atoms. The van der Waals surface area contributed by atoms with Gasteiger partial charge < -0.3 is 22.1 Å². The topological polar surface area (TPSA) is 67.2 Å². The largest absolute Gasteiger partial charge is 1.00 e. The predicted molar refractivity (Wildman–Crippen MR) is 60.5 cm³/mol. The Morgan fingerprint density at radius 2 is 1.83 bits per heavy atom. The quantitative estimate of drug-likeness (QED) is 0.433. The number of benzene rings is 1. The molecular formula is C12H11BrN2O3. The summed E-state index contributed by atoms with van der Waals surface area (Å²) in [5.74, 6) is 0.158. The summed E-state index contributed by atoms with van der Waals surface area (Å²) >= 11 is 0. The Kier molecular flexibility index (Phi) is 4.79. The molecule has 0 amide bonds. The molecule has 5 nitrogen and oxygen atoms in total. The van der Waals surface area contributed by atoms with E-state index in [0.717, 1.165) is 5.56 Å². The lowest BCUT2D eigenvalue weighted by atomic mass is 10.2. The number of nitro groups is 1. The van der Waals surface area contributed by atoms with E-state index in [1.807, 2.05) is 6.07 Å². The second-order valence-corrected chi connectivity index (χ2v) is 3.61. The molecule has 0 fully saturated rings. The Morgan fingerprint density at radius 3 is 2.39 bits per heavy atom. The van der Waals surface area contributed by atoms with Crippen molar-refractivity contribution < 1.29 is 31.6 Å². The summed E-state index contributed by atoms with van der Waals surface area (Å²) in [5.41, 5.74) is 0.957. The van der Waals surface area contributed by atoms with E-state index >= 15 is 0 Å². The molecule has 1 aromatic carbocycles. The van der Waals surface area contributed by atoms with E-state index in [1.165, 1.54) is 12.1 Å². The number of aromatic hydroxyl groups is 1. The van der Waals surface area contributed by atoms with Crippen molar-refractivity contribution >= 4 is 5.69 Å². The zero-order valence-corrected chi connectivity index (χ0v) is 10.9. The summed E-state index contributed by atoms with van der Waals surface area (Å²) in [5, 5.41) is 20.1. The molecule has 0 atom stereocenters. The molecule has 0 aliphatic rings. The zero-order valence-electron chi connectivity index (χ0n) is 9.36. The average Bonchev–Trinajstić information content (AvgIpc) is 2.33. The van der Waals surface area contributed by atoms with Crippen LogP contribution in [-0.4, -0.2) is 10.0 Å². The number of non-ortho nitro benzene ring substituents is 1. The molecule has 6 heteroatoms. The molecule has 1 heterocycles. The van der Waals surface area contributed by atoms with Crippen LogP contribution in [0.4, 0.5) is 5.69 Å². The number of nitrogens with zero attached hydrogens (tertiary/aromatic N) is 2. The molecule has 1 N–H and O–H groups in total. The average molecular weight is 311 g/mol. The van der Waals surface area contributed by atoms with Crippen LogP contribution in [0.5, 0.6) is 5.88 Å². The number of halogens is 1. The summed E-state index contributed by atoms with van der Waals surface area (Å²) in [6, 6.07) is 11.4. The highest BCUT2D eigenvalue weighted by Gasteiger charge is 2.10. The fraction of sp³-hybridized carbons (Fsp3) is 0.0833. The summed E-state index contributed by atoms with van der Waals surface area (Å²) < 4.78 is 1.65. The standard InChI is InChI=1S/C12H10N2O3.BrH/c15-12-3-1-2-8-13(12)9-10-4-6-11(7-5-10)14(16)17;/h1-8H,9H2;1H. The molecule has 0 saturated heterocycles. The minimum Gasteiger partial charge on any atom is -1.00 e. The van der Waals surface area contributed by atoms with Crippen molar-refractivity contribution in [3.05, 3.63) is 64.3 Å². The Labute approximate surface area is 114 Å². The van der Waals surface area contributed by atoms with Crippen LogP contribution in [0.15, 0.2) is 48.7 Å². The lowest BCUT2D eigenvalue weighted by Gasteiger charge is -1.99. The number of nitro benzene ring substituents is 1. The third kappa shape index (κ3) is 3.27. The van der Waals surface area contributed by atoms with Crippen molar-refractivity contribution in [1.82, 2.24) is 0 Å². The SMILES string of the molecule is O=[N+]([O-])c1ccc(C[n+]2ccccc2O)cc1.[Br-]. The Balaban J connectivity index is 0.00000162. The van der Waals surface area contributed by atoms with E-state index in [2.05, 4.69) is 0 Å². The van der Waals surface area contributed by atoms with Crippen molar-refractivity contribution in [2.24, 2.45) is 0 Å². The first kappa shape index (κ1) is 14.1. The molecule has 18 heavy (non-hydrogen) atoms. The van der Waals surface area contributed by atoms with Crippen LogP contribution in [0, 0.1) is 10.1 Å². The summed E-state index contributed by atoms with van der Waals surface area (Å²) in [6.07, 6.45) is 1.75. The molecule has 2 rings (SSSR count). The summed E-state index contributed by atoms with van der Waals surface area (Å²) in [6.45, 7) is 0.477. The van der Waals surface area contributed by atoms with Crippen LogP contribution in [0.25, 0.3) is 0 Å². The number of hydrogen-bond acceptors (Lipinski definition) is 3. The minimum absolute atomic E-state index is 0. The highest BCUT2D eigenvalue weighted by Crippen LogP contribution is 2.12. The maximum Gasteiger partial charge on any atom is 0.365 e. The highest BCUT2D eigenvalue weighted by atomic mass is 79.9. The summed E-state index contributed by atoms with van der Waals surface area (Å²) in [4.78, 5) is 10.1. The molecule has 94 valence electrons. The predicted octanol–water partition coefficient (Wildman–Crippen LogP) is -1.36. The number of rotatable bonds is 3. The van der Waals surface area contributed by atoms with Crippen molar-refractivity contribution in [2.45, 2.75) is 6.54 Å². The van der Waals surface area contributed by atoms with E-state index in [0.29, 0.717) is 6.54 Å². The second kappa shape index (κ2) is 6.11. The van der Waals surface area contributed by atoms with Crippen molar-refractivity contribution in [2.75, 3.05) is 0 Å². The van der Waals surface area contributed by atoms with Crippen LogP contribution >= 0.6 is 0 Å². The second-order valence-electron chi connectivity index (χ2n) is 3.61. The first-order valence-corrected chi connectivity index (χ1v) is 5.07. The highest BCUT2D eigenvalue weighted by molar-refractivity contribution is 5.32. The van der Waals surface area contributed by atoms with Gasteiger partial charge in [-0.3, -0.25) is 10.1 Å². The minimum atomic E-state index is -0.434. The van der Waals surface area contributed by atoms with E-state index in [-0.39, 0.29) is 28.5 Å². The summed E-state index contributed by atoms with van der Waals surface area (Å²) in [7, 11) is 0. The molecule has 0 bridgehead atoms. The molecule has 0 aliphatic heterocycles. The van der Waals surface area contributed by atoms with Crippen LogP contribution in [-0.2, 0) is 6.54 Å². The van der Waals surface area contributed by atoms with Gasteiger partial charge in [-0.1, -0.05) is 0 Å². The first-order valence-electron chi connectivity index (χ1n) is 5.07. The van der Waals surface area contributed by atoms with Crippen LogP contribution < -0.4 is 21.5 Å². The van der Waals surface area contributed by atoms with Gasteiger partial charge in [0.1, 0.15) is 0 Å². The maximum absolute atomic E-state index is 10.5. The van der Waals surface area contributed by atoms with Gasteiger partial charge in [0, 0.05) is 23.8 Å². The van der Waals surface area contributed by atoms with Gasteiger partial charge in [-0.15, -0.1) is 0 Å². The van der Waals surface area contributed by atoms with Crippen LogP contribution in [0.1, 0.15) is 5.56 Å². The fourth-order valence-electron chi connectivity index (χ4n) is 1.52. The first-order chi connectivity index (χ1) is 8.16. The number of pyridine rings is 1. The number of hydrogen-bond donors (Lipinski definition) is 1. The van der Waals surface area contributed by atoms with Crippen molar-refractivity contribution in [1.29, 1.82) is 0 Å². The van der Waals surface area contributed by atoms with Crippen LogP contribution in [0.3, 0.4) is 0 Å². The van der Waals surface area contributed by atoms with Gasteiger partial charge in [-0.2, -0.15) is 4.57 Å². The smallest absolute Gasteiger partial charge is 0.365 e. The van der Waals surface area contributed by atoms with Crippen molar-refractivity contribution in [3.63, 3.8) is 0 Å². The Hall–Kier alpha value is -1.95. The lowest BCUT2D eigenvalue weighted by Crippen LogP contribution is -3.00. The van der Waals surface area contributed by atoms with Gasteiger partial charge in [0.25, 0.3) is 5.69 Å². The van der Waals surface area contributed by atoms with Gasteiger partial charge in [-0.05, 0) is 18.2 Å². The normalized spacial score (nSPS) is 9.56. The van der Waals surface area contributed by atoms with E-state index < -0.39 is 4.92 Å². The number of aromatic nitrogens is 1. The monoisotopic (exact) mass is 310 g/mol. The van der Waals surface area contributed by atoms with Gasteiger partial charge in [0.05, 0.1) is 11.0 Å². The van der Waals surface area contributed by atoms with Crippen LogP contribution in [0.2, 0.25) is 0 Å². The van der Waals surface area contributed by atoms with E-state index in [9.17, 15) is 15.2 Å². The Bertz CT molecular complexity index is 543. The Morgan fingerprint density at radius 1 is 1.17 bits per heavy atom. The van der Waals surface area contributed by atoms with Gasteiger partial charge in [-0.25, -0.2) is 0 Å². The molecular weight excluding hydrogens is 300 g/mol. The molecule has 0 aliphatic carbocycles. The van der Waals surface area contributed by atoms with Crippen molar-refractivity contribution in [3.8, 4) is 5.88 Å². The van der Waals surface area contributed by atoms with Gasteiger partial charge >= 0.3 is 5.88 Å². The molecule has 2 aromatic rings. The third-order valence-electron chi connectivity index (χ3n) is 2.42. The van der Waals surface area contributed by atoms with E-state index in [4.69, 9.17) is 0 Å².